The van der Waals surface area contributed by atoms with Gasteiger partial charge in [-0.3, -0.25) is 0 Å². The molecule has 0 saturated carbocycles. The molecule has 90 valence electrons. The van der Waals surface area contributed by atoms with Crippen LogP contribution in [0, 0.1) is 0 Å². The van der Waals surface area contributed by atoms with Crippen LogP contribution in [0.5, 0.6) is 0 Å². The van der Waals surface area contributed by atoms with Crippen LogP contribution in [0.1, 0.15) is 0 Å². The summed E-state index contributed by atoms with van der Waals surface area (Å²) >= 11 is 0. The van der Waals surface area contributed by atoms with Crippen LogP contribution in [0.4, 0.5) is 0 Å². The van der Waals surface area contributed by atoms with E-state index in [2.05, 4.69) is 0 Å². The molecular formula is C14H9CsO3S. The van der Waals surface area contributed by atoms with Crippen LogP contribution >= 0.6 is 0 Å². The first-order chi connectivity index (χ1) is 8.55. The number of hydrogen-bond donors (Lipinski definition) is 0. The second-order valence-corrected chi connectivity index (χ2v) is 5.48. The summed E-state index contributed by atoms with van der Waals surface area (Å²) in [6.45, 7) is 0. The van der Waals surface area contributed by atoms with E-state index in [-0.39, 0.29) is 73.8 Å². The molecule has 0 aliphatic heterocycles. The van der Waals surface area contributed by atoms with Gasteiger partial charge >= 0.3 is 68.9 Å². The second-order valence-electron chi connectivity index (χ2n) is 4.13. The number of fused-ring (bicyclic) bond motifs is 2. The summed E-state index contributed by atoms with van der Waals surface area (Å²) in [5.74, 6) is 0. The molecule has 0 saturated heterocycles. The van der Waals surface area contributed by atoms with E-state index in [1.54, 1.807) is 18.2 Å². The standard InChI is InChI=1S/C14H10O3S.Cs/c15-18(16,17)14-7-3-6-12-8-10-4-1-2-5-11(10)9-13(12)14;/h1-9H,(H,15,16,17);/q;+1/p-1. The van der Waals surface area contributed by atoms with Gasteiger partial charge in [0, 0.05) is 0 Å². The van der Waals surface area contributed by atoms with Crippen molar-refractivity contribution in [1.29, 1.82) is 0 Å². The van der Waals surface area contributed by atoms with Crippen molar-refractivity contribution in [2.45, 2.75) is 4.90 Å². The van der Waals surface area contributed by atoms with E-state index in [4.69, 9.17) is 0 Å². The van der Waals surface area contributed by atoms with Crippen LogP contribution in [0.2, 0.25) is 0 Å². The summed E-state index contributed by atoms with van der Waals surface area (Å²) < 4.78 is 33.7. The molecule has 3 nitrogen and oxygen atoms in total. The average Bonchev–Trinajstić information content (AvgIpc) is 2.34. The molecule has 0 aliphatic carbocycles. The van der Waals surface area contributed by atoms with Gasteiger partial charge in [-0.2, -0.15) is 0 Å². The van der Waals surface area contributed by atoms with Gasteiger partial charge in [-0.05, 0) is 39.7 Å². The van der Waals surface area contributed by atoms with Crippen molar-refractivity contribution >= 4 is 31.7 Å². The minimum Gasteiger partial charge on any atom is -0.744 e. The molecule has 0 aromatic heterocycles. The summed E-state index contributed by atoms with van der Waals surface area (Å²) in [6, 6.07) is 16.0. The molecule has 0 N–H and O–H groups in total. The Morgan fingerprint density at radius 3 is 2.00 bits per heavy atom. The molecule has 3 rings (SSSR count). The molecule has 0 radical (unpaired) electrons. The SMILES string of the molecule is O=S(=O)([O-])c1cccc2cc3ccccc3cc12.[Cs+]. The van der Waals surface area contributed by atoms with Crippen LogP contribution in [-0.2, 0) is 10.1 Å². The molecule has 0 atom stereocenters. The summed E-state index contributed by atoms with van der Waals surface area (Å²) in [6.07, 6.45) is 0. The summed E-state index contributed by atoms with van der Waals surface area (Å²) in [7, 11) is -4.45. The first kappa shape index (κ1) is 15.5. The third-order valence-electron chi connectivity index (χ3n) is 2.98. The Kier molecular flexibility index (Phi) is 4.80. The van der Waals surface area contributed by atoms with Crippen molar-refractivity contribution in [1.82, 2.24) is 0 Å². The molecule has 0 aliphatic rings. The monoisotopic (exact) mass is 390 g/mol. The van der Waals surface area contributed by atoms with Gasteiger partial charge in [0.05, 0.1) is 4.90 Å². The van der Waals surface area contributed by atoms with Crippen molar-refractivity contribution in [2.24, 2.45) is 0 Å². The Morgan fingerprint density at radius 1 is 0.789 bits per heavy atom. The molecule has 3 aromatic rings. The minimum atomic E-state index is -4.45. The van der Waals surface area contributed by atoms with Crippen LogP contribution < -0.4 is 68.9 Å². The Hall–Kier alpha value is 0.142. The van der Waals surface area contributed by atoms with Gasteiger partial charge in [0.25, 0.3) is 0 Å². The van der Waals surface area contributed by atoms with E-state index in [0.29, 0.717) is 5.39 Å². The first-order valence-electron chi connectivity index (χ1n) is 5.43. The van der Waals surface area contributed by atoms with Gasteiger partial charge in [-0.1, -0.05) is 36.4 Å². The minimum absolute atomic E-state index is 0. The zero-order valence-corrected chi connectivity index (χ0v) is 17.4. The van der Waals surface area contributed by atoms with Crippen molar-refractivity contribution in [3.63, 3.8) is 0 Å². The third kappa shape index (κ3) is 3.09. The maximum absolute atomic E-state index is 11.2. The zero-order chi connectivity index (χ0) is 12.8. The maximum Gasteiger partial charge on any atom is 1.00 e. The number of rotatable bonds is 1. The topological polar surface area (TPSA) is 57.2 Å². The summed E-state index contributed by atoms with van der Waals surface area (Å²) in [4.78, 5) is -0.161. The van der Waals surface area contributed by atoms with E-state index in [0.717, 1.165) is 16.2 Å². The zero-order valence-electron chi connectivity index (χ0n) is 10.3. The first-order valence-corrected chi connectivity index (χ1v) is 6.84. The maximum atomic E-state index is 11.2. The van der Waals surface area contributed by atoms with Crippen molar-refractivity contribution < 1.29 is 81.9 Å². The fourth-order valence-corrected chi connectivity index (χ4v) is 2.85. The van der Waals surface area contributed by atoms with E-state index in [1.807, 2.05) is 30.3 Å². The van der Waals surface area contributed by atoms with Gasteiger partial charge in [0.2, 0.25) is 0 Å². The Morgan fingerprint density at radius 2 is 1.37 bits per heavy atom. The molecule has 19 heavy (non-hydrogen) atoms. The Balaban J connectivity index is 0.00000133. The Labute approximate surface area is 170 Å². The molecule has 0 spiro atoms. The van der Waals surface area contributed by atoms with Gasteiger partial charge in [-0.25, -0.2) is 8.42 Å². The second kappa shape index (κ2) is 5.87. The quantitative estimate of drug-likeness (QED) is 0.431. The molecular weight excluding hydrogens is 381 g/mol. The van der Waals surface area contributed by atoms with Gasteiger partial charge in [-0.15, -0.1) is 0 Å². The van der Waals surface area contributed by atoms with Crippen LogP contribution in [0.25, 0.3) is 21.5 Å². The molecule has 0 amide bonds. The normalized spacial score (nSPS) is 11.4. The van der Waals surface area contributed by atoms with E-state index >= 15 is 0 Å². The molecule has 0 unspecified atom stereocenters. The molecule has 0 fully saturated rings. The predicted molar refractivity (Wildman–Crippen MR) is 69.4 cm³/mol. The molecule has 3 aromatic carbocycles. The van der Waals surface area contributed by atoms with Gasteiger partial charge < -0.3 is 4.55 Å². The van der Waals surface area contributed by atoms with Crippen LogP contribution in [0.3, 0.4) is 0 Å². The molecule has 5 heteroatoms. The summed E-state index contributed by atoms with van der Waals surface area (Å²) in [5.41, 5.74) is 0. The van der Waals surface area contributed by atoms with Gasteiger partial charge in [0.1, 0.15) is 10.1 Å². The third-order valence-corrected chi connectivity index (χ3v) is 3.87. The Bertz CT molecular complexity index is 857. The average molecular weight is 390 g/mol. The van der Waals surface area contributed by atoms with Crippen molar-refractivity contribution in [2.75, 3.05) is 0 Å². The molecule has 0 bridgehead atoms. The van der Waals surface area contributed by atoms with Crippen LogP contribution in [0.15, 0.2) is 59.5 Å². The van der Waals surface area contributed by atoms with E-state index in [1.165, 1.54) is 6.07 Å². The van der Waals surface area contributed by atoms with E-state index < -0.39 is 10.1 Å². The fourth-order valence-electron chi connectivity index (χ4n) is 2.16. The van der Waals surface area contributed by atoms with Gasteiger partial charge in [0.15, 0.2) is 0 Å². The molecule has 0 heterocycles. The van der Waals surface area contributed by atoms with Crippen molar-refractivity contribution in [3.05, 3.63) is 54.6 Å². The number of hydrogen-bond acceptors (Lipinski definition) is 3. The summed E-state index contributed by atoms with van der Waals surface area (Å²) in [5, 5.41) is 3.17. The van der Waals surface area contributed by atoms with E-state index in [9.17, 15) is 13.0 Å². The predicted octanol–water partition coefficient (Wildman–Crippen LogP) is -0.0989. The van der Waals surface area contributed by atoms with Crippen LogP contribution in [-0.4, -0.2) is 13.0 Å². The van der Waals surface area contributed by atoms with Crippen molar-refractivity contribution in [3.8, 4) is 0 Å². The fraction of sp³-hybridized carbons (Fsp3) is 0. The smallest absolute Gasteiger partial charge is 0.744 e. The number of benzene rings is 3. The largest absolute Gasteiger partial charge is 1.00 e.